The van der Waals surface area contributed by atoms with Crippen LogP contribution in [0.1, 0.15) is 37.5 Å². The maximum absolute atomic E-state index is 13.0. The molecule has 0 aliphatic rings. The number of fused-ring (bicyclic) bond motifs is 1. The molecule has 0 spiro atoms. The molecule has 0 unspecified atom stereocenters. The monoisotopic (exact) mass is 397 g/mol. The Morgan fingerprint density at radius 1 is 0.833 bits per heavy atom. The number of rotatable bonds is 5. The maximum atomic E-state index is 13.0. The summed E-state index contributed by atoms with van der Waals surface area (Å²) in [4.78, 5) is 28.9. The van der Waals surface area contributed by atoms with E-state index in [4.69, 9.17) is 0 Å². The quantitative estimate of drug-likeness (QED) is 0.445. The number of aromatic nitrogens is 1. The third-order valence-corrected chi connectivity index (χ3v) is 5.03. The Balaban J connectivity index is 1.61. The molecule has 4 aromatic rings. The molecule has 1 aromatic heterocycles. The van der Waals surface area contributed by atoms with Gasteiger partial charge in [0, 0.05) is 23.0 Å². The lowest BCUT2D eigenvalue weighted by atomic mass is 10.1. The number of aromatic amines is 1. The van der Waals surface area contributed by atoms with Gasteiger partial charge >= 0.3 is 0 Å². The van der Waals surface area contributed by atoms with Crippen LogP contribution in [-0.4, -0.2) is 16.8 Å². The third-order valence-electron chi connectivity index (χ3n) is 5.03. The molecule has 0 bridgehead atoms. The Labute approximate surface area is 175 Å². The summed E-state index contributed by atoms with van der Waals surface area (Å²) in [7, 11) is 0. The highest BCUT2D eigenvalue weighted by molar-refractivity contribution is 6.15. The summed E-state index contributed by atoms with van der Waals surface area (Å²) in [6.45, 7) is 4.36. The third kappa shape index (κ3) is 4.10. The van der Waals surface area contributed by atoms with E-state index in [1.807, 2.05) is 80.6 Å². The summed E-state index contributed by atoms with van der Waals surface area (Å²) in [5.74, 6) is -0.526. The van der Waals surface area contributed by atoms with Crippen LogP contribution in [0.3, 0.4) is 0 Å². The van der Waals surface area contributed by atoms with E-state index in [1.165, 1.54) is 5.56 Å². The number of carbonyl (C=O) groups excluding carboxylic acids is 2. The van der Waals surface area contributed by atoms with E-state index in [0.29, 0.717) is 23.5 Å². The number of anilines is 1. The first kappa shape index (κ1) is 19.5. The van der Waals surface area contributed by atoms with E-state index in [0.717, 1.165) is 22.0 Å². The lowest BCUT2D eigenvalue weighted by molar-refractivity contribution is 0.0947. The van der Waals surface area contributed by atoms with Gasteiger partial charge in [-0.25, -0.2) is 0 Å². The van der Waals surface area contributed by atoms with E-state index in [-0.39, 0.29) is 11.8 Å². The standard InChI is InChI=1S/C25H23N3O2/c1-16-10-12-18(13-11-16)15-26-25(30)23-22(20-8-3-4-9-21(20)27-23)28-24(29)19-7-5-6-17(2)14-19/h3-14,27H,15H2,1-2H3,(H,26,30)(H,28,29). The van der Waals surface area contributed by atoms with Crippen molar-refractivity contribution in [1.29, 1.82) is 0 Å². The number of hydrogen-bond donors (Lipinski definition) is 3. The van der Waals surface area contributed by atoms with Crippen LogP contribution in [0.2, 0.25) is 0 Å². The van der Waals surface area contributed by atoms with Crippen LogP contribution in [0, 0.1) is 13.8 Å². The van der Waals surface area contributed by atoms with Crippen LogP contribution in [0.15, 0.2) is 72.8 Å². The van der Waals surface area contributed by atoms with Crippen LogP contribution in [0.25, 0.3) is 10.9 Å². The molecular weight excluding hydrogens is 374 g/mol. The van der Waals surface area contributed by atoms with Gasteiger partial charge in [0.15, 0.2) is 0 Å². The van der Waals surface area contributed by atoms with E-state index < -0.39 is 0 Å². The Morgan fingerprint density at radius 2 is 1.60 bits per heavy atom. The topological polar surface area (TPSA) is 74.0 Å². The largest absolute Gasteiger partial charge is 0.349 e. The van der Waals surface area contributed by atoms with E-state index >= 15 is 0 Å². The minimum Gasteiger partial charge on any atom is -0.349 e. The van der Waals surface area contributed by atoms with Gasteiger partial charge in [0.25, 0.3) is 11.8 Å². The minimum atomic E-state index is -0.272. The van der Waals surface area contributed by atoms with Gasteiger partial charge in [0.05, 0.1) is 5.69 Å². The normalized spacial score (nSPS) is 10.7. The average molecular weight is 397 g/mol. The number of carbonyl (C=O) groups is 2. The van der Waals surface area contributed by atoms with Crippen molar-refractivity contribution in [3.63, 3.8) is 0 Å². The van der Waals surface area contributed by atoms with Gasteiger partial charge in [0.2, 0.25) is 0 Å². The molecule has 0 saturated heterocycles. The van der Waals surface area contributed by atoms with Crippen molar-refractivity contribution in [2.45, 2.75) is 20.4 Å². The first-order valence-corrected chi connectivity index (χ1v) is 9.84. The summed E-state index contributed by atoms with van der Waals surface area (Å²) in [6, 6.07) is 22.9. The summed E-state index contributed by atoms with van der Waals surface area (Å²) in [6.07, 6.45) is 0. The fraction of sp³-hybridized carbons (Fsp3) is 0.120. The van der Waals surface area contributed by atoms with Crippen molar-refractivity contribution in [1.82, 2.24) is 10.3 Å². The molecule has 2 amide bonds. The molecular formula is C25H23N3O2. The summed E-state index contributed by atoms with van der Waals surface area (Å²) in [5.41, 5.74) is 5.33. The number of nitrogens with one attached hydrogen (secondary N) is 3. The molecule has 1 heterocycles. The Morgan fingerprint density at radius 3 is 2.37 bits per heavy atom. The molecule has 5 nitrogen and oxygen atoms in total. The fourth-order valence-corrected chi connectivity index (χ4v) is 3.39. The van der Waals surface area contributed by atoms with Gasteiger partial charge in [-0.2, -0.15) is 0 Å². The van der Waals surface area contributed by atoms with Gasteiger partial charge < -0.3 is 15.6 Å². The fourth-order valence-electron chi connectivity index (χ4n) is 3.39. The number of amides is 2. The second kappa shape index (κ2) is 8.25. The van der Waals surface area contributed by atoms with Crippen molar-refractivity contribution < 1.29 is 9.59 Å². The lowest BCUT2D eigenvalue weighted by Gasteiger charge is -2.09. The maximum Gasteiger partial charge on any atom is 0.270 e. The SMILES string of the molecule is Cc1ccc(CNC(=O)c2[nH]c3ccccc3c2NC(=O)c2cccc(C)c2)cc1. The highest BCUT2D eigenvalue weighted by Crippen LogP contribution is 2.28. The van der Waals surface area contributed by atoms with Crippen molar-refractivity contribution in [3.05, 3.63) is 101 Å². The first-order valence-electron chi connectivity index (χ1n) is 9.84. The van der Waals surface area contributed by atoms with Crippen LogP contribution in [0.5, 0.6) is 0 Å². The van der Waals surface area contributed by atoms with Crippen molar-refractivity contribution in [2.75, 3.05) is 5.32 Å². The molecule has 150 valence electrons. The predicted molar refractivity (Wildman–Crippen MR) is 120 cm³/mol. The Kier molecular flexibility index (Phi) is 5.35. The van der Waals surface area contributed by atoms with E-state index in [9.17, 15) is 9.59 Å². The van der Waals surface area contributed by atoms with Crippen LogP contribution in [-0.2, 0) is 6.54 Å². The zero-order valence-electron chi connectivity index (χ0n) is 17.0. The molecule has 4 rings (SSSR count). The number of benzene rings is 3. The van der Waals surface area contributed by atoms with Gasteiger partial charge in [-0.3, -0.25) is 9.59 Å². The molecule has 5 heteroatoms. The Hall–Kier alpha value is -3.86. The first-order chi connectivity index (χ1) is 14.5. The molecule has 3 aromatic carbocycles. The minimum absolute atomic E-state index is 0.254. The molecule has 0 fully saturated rings. The van der Waals surface area contributed by atoms with Gasteiger partial charge in [0.1, 0.15) is 5.69 Å². The zero-order valence-corrected chi connectivity index (χ0v) is 17.0. The molecule has 0 aliphatic heterocycles. The van der Waals surface area contributed by atoms with Crippen molar-refractivity contribution in [2.24, 2.45) is 0 Å². The van der Waals surface area contributed by atoms with Crippen molar-refractivity contribution >= 4 is 28.4 Å². The molecule has 3 N–H and O–H groups in total. The molecule has 0 saturated carbocycles. The average Bonchev–Trinajstić information content (AvgIpc) is 3.11. The molecule has 0 aliphatic carbocycles. The number of hydrogen-bond acceptors (Lipinski definition) is 2. The number of H-pyrrole nitrogens is 1. The zero-order chi connectivity index (χ0) is 21.1. The van der Waals surface area contributed by atoms with Gasteiger partial charge in [-0.05, 0) is 37.6 Å². The van der Waals surface area contributed by atoms with Gasteiger partial charge in [-0.15, -0.1) is 0 Å². The Bertz CT molecular complexity index is 1220. The van der Waals surface area contributed by atoms with E-state index in [1.54, 1.807) is 6.07 Å². The van der Waals surface area contributed by atoms with Crippen molar-refractivity contribution in [3.8, 4) is 0 Å². The second-order valence-corrected chi connectivity index (χ2v) is 7.41. The molecule has 30 heavy (non-hydrogen) atoms. The van der Waals surface area contributed by atoms with Gasteiger partial charge in [-0.1, -0.05) is 65.7 Å². The predicted octanol–water partition coefficient (Wildman–Crippen LogP) is 4.97. The number of para-hydroxylation sites is 1. The highest BCUT2D eigenvalue weighted by atomic mass is 16.2. The lowest BCUT2D eigenvalue weighted by Crippen LogP contribution is -2.25. The van der Waals surface area contributed by atoms with Crippen LogP contribution >= 0.6 is 0 Å². The molecule has 0 radical (unpaired) electrons. The summed E-state index contributed by atoms with van der Waals surface area (Å²) >= 11 is 0. The van der Waals surface area contributed by atoms with Crippen LogP contribution < -0.4 is 10.6 Å². The van der Waals surface area contributed by atoms with Crippen LogP contribution in [0.4, 0.5) is 5.69 Å². The summed E-state index contributed by atoms with van der Waals surface area (Å²) < 4.78 is 0. The number of aryl methyl sites for hydroxylation is 2. The summed E-state index contributed by atoms with van der Waals surface area (Å²) in [5, 5.41) is 6.66. The highest BCUT2D eigenvalue weighted by Gasteiger charge is 2.20. The van der Waals surface area contributed by atoms with E-state index in [2.05, 4.69) is 15.6 Å². The smallest absolute Gasteiger partial charge is 0.270 e. The molecule has 0 atom stereocenters. The second-order valence-electron chi connectivity index (χ2n) is 7.41.